The molecule has 3 aromatic rings. The zero-order valence-corrected chi connectivity index (χ0v) is 17.1. The molecule has 1 saturated heterocycles. The van der Waals surface area contributed by atoms with Gasteiger partial charge < -0.3 is 20.0 Å². The molecule has 0 spiro atoms. The van der Waals surface area contributed by atoms with Crippen LogP contribution >= 0.6 is 0 Å². The number of para-hydroxylation sites is 1. The number of piperazine rings is 1. The van der Waals surface area contributed by atoms with Gasteiger partial charge in [0.05, 0.1) is 0 Å². The molecular formula is C23H28N6. The summed E-state index contributed by atoms with van der Waals surface area (Å²) >= 11 is 0. The van der Waals surface area contributed by atoms with Gasteiger partial charge in [-0.2, -0.15) is 4.98 Å². The lowest BCUT2D eigenvalue weighted by Gasteiger charge is -2.34. The molecule has 0 unspecified atom stereocenters. The van der Waals surface area contributed by atoms with Crippen LogP contribution < -0.4 is 15.1 Å². The number of benzene rings is 2. The van der Waals surface area contributed by atoms with E-state index in [0.29, 0.717) is 5.95 Å². The van der Waals surface area contributed by atoms with Crippen molar-refractivity contribution in [2.75, 3.05) is 54.9 Å². The topological polar surface area (TPSA) is 47.5 Å². The first-order chi connectivity index (χ1) is 14.2. The predicted octanol–water partition coefficient (Wildman–Crippen LogP) is 4.13. The Morgan fingerprint density at radius 1 is 0.931 bits per heavy atom. The molecule has 1 N–H and O–H groups in total. The molecule has 2 aromatic carbocycles. The van der Waals surface area contributed by atoms with E-state index in [4.69, 9.17) is 4.98 Å². The van der Waals surface area contributed by atoms with Crippen molar-refractivity contribution in [1.29, 1.82) is 0 Å². The molecule has 0 radical (unpaired) electrons. The Hall–Kier alpha value is -3.12. The maximum atomic E-state index is 4.72. The van der Waals surface area contributed by atoms with E-state index in [1.165, 1.54) is 5.69 Å². The van der Waals surface area contributed by atoms with Crippen LogP contribution in [0.15, 0.2) is 66.9 Å². The van der Waals surface area contributed by atoms with Crippen molar-refractivity contribution in [2.45, 2.75) is 6.92 Å². The van der Waals surface area contributed by atoms with Gasteiger partial charge >= 0.3 is 0 Å². The highest BCUT2D eigenvalue weighted by molar-refractivity contribution is 5.63. The summed E-state index contributed by atoms with van der Waals surface area (Å²) < 4.78 is 0. The van der Waals surface area contributed by atoms with E-state index in [2.05, 4.69) is 75.4 Å². The van der Waals surface area contributed by atoms with Gasteiger partial charge in [0.25, 0.3) is 0 Å². The second-order valence-electron chi connectivity index (χ2n) is 7.28. The van der Waals surface area contributed by atoms with E-state index >= 15 is 0 Å². The fraction of sp³-hybridized carbons (Fsp3) is 0.304. The Bertz CT molecular complexity index is 904. The Balaban J connectivity index is 1.46. The lowest BCUT2D eigenvalue weighted by molar-refractivity contribution is 0.313. The van der Waals surface area contributed by atoms with Gasteiger partial charge in [-0.1, -0.05) is 18.2 Å². The van der Waals surface area contributed by atoms with Crippen molar-refractivity contribution < 1.29 is 0 Å². The van der Waals surface area contributed by atoms with Crippen molar-refractivity contribution in [3.8, 4) is 0 Å². The van der Waals surface area contributed by atoms with Crippen LogP contribution in [0.4, 0.5) is 28.8 Å². The summed E-state index contributed by atoms with van der Waals surface area (Å²) in [7, 11) is 2.18. The number of hydrogen-bond donors (Lipinski definition) is 1. The van der Waals surface area contributed by atoms with Crippen LogP contribution in [0.2, 0.25) is 0 Å². The van der Waals surface area contributed by atoms with Crippen molar-refractivity contribution >= 4 is 28.8 Å². The van der Waals surface area contributed by atoms with Crippen LogP contribution in [-0.2, 0) is 0 Å². The lowest BCUT2D eigenvalue weighted by atomic mass is 10.2. The fourth-order valence-corrected chi connectivity index (χ4v) is 3.56. The molecule has 2 heterocycles. The van der Waals surface area contributed by atoms with E-state index < -0.39 is 0 Å². The average molecular weight is 389 g/mol. The number of hydrogen-bond acceptors (Lipinski definition) is 6. The van der Waals surface area contributed by atoms with E-state index in [1.807, 2.05) is 24.3 Å². The van der Waals surface area contributed by atoms with E-state index in [-0.39, 0.29) is 0 Å². The van der Waals surface area contributed by atoms with E-state index in [0.717, 1.165) is 49.9 Å². The highest BCUT2D eigenvalue weighted by Gasteiger charge is 2.14. The molecule has 1 fully saturated rings. The van der Waals surface area contributed by atoms with Crippen LogP contribution in [-0.4, -0.2) is 54.6 Å². The largest absolute Gasteiger partial charge is 0.369 e. The minimum atomic E-state index is 0.692. The maximum Gasteiger partial charge on any atom is 0.231 e. The molecule has 0 amide bonds. The van der Waals surface area contributed by atoms with Gasteiger partial charge in [-0.05, 0) is 56.4 Å². The number of rotatable bonds is 6. The molecule has 0 bridgehead atoms. The fourth-order valence-electron chi connectivity index (χ4n) is 3.56. The Labute approximate surface area is 172 Å². The summed E-state index contributed by atoms with van der Waals surface area (Å²) in [4.78, 5) is 16.1. The van der Waals surface area contributed by atoms with Gasteiger partial charge in [0.1, 0.15) is 5.82 Å². The third-order valence-electron chi connectivity index (χ3n) is 5.28. The van der Waals surface area contributed by atoms with Gasteiger partial charge in [0.15, 0.2) is 0 Å². The Morgan fingerprint density at radius 2 is 1.66 bits per heavy atom. The highest BCUT2D eigenvalue weighted by atomic mass is 15.3. The summed E-state index contributed by atoms with van der Waals surface area (Å²) in [6, 6.07) is 20.7. The lowest BCUT2D eigenvalue weighted by Crippen LogP contribution is -2.44. The minimum Gasteiger partial charge on any atom is -0.369 e. The number of aromatic nitrogens is 2. The molecule has 6 nitrogen and oxygen atoms in total. The SMILES string of the molecule is CCN(c1ccccc1)c1nccc(Nc2ccc(N3CCN(C)CC3)cc2)n1. The second kappa shape index (κ2) is 8.92. The zero-order chi connectivity index (χ0) is 20.1. The summed E-state index contributed by atoms with van der Waals surface area (Å²) in [5.41, 5.74) is 3.38. The van der Waals surface area contributed by atoms with Crippen molar-refractivity contribution in [3.05, 3.63) is 66.9 Å². The van der Waals surface area contributed by atoms with Crippen molar-refractivity contribution in [3.63, 3.8) is 0 Å². The predicted molar refractivity (Wildman–Crippen MR) is 121 cm³/mol. The summed E-state index contributed by atoms with van der Waals surface area (Å²) in [5.74, 6) is 1.48. The van der Waals surface area contributed by atoms with Gasteiger partial charge in [-0.3, -0.25) is 0 Å². The van der Waals surface area contributed by atoms with Crippen LogP contribution in [0.5, 0.6) is 0 Å². The van der Waals surface area contributed by atoms with Gasteiger partial charge in [-0.25, -0.2) is 4.98 Å². The molecular weight excluding hydrogens is 360 g/mol. The first-order valence-corrected chi connectivity index (χ1v) is 10.2. The molecule has 1 aliphatic rings. The highest BCUT2D eigenvalue weighted by Crippen LogP contribution is 2.24. The number of likely N-dealkylation sites (N-methyl/N-ethyl adjacent to an activating group) is 1. The quantitative estimate of drug-likeness (QED) is 0.685. The molecule has 1 aromatic heterocycles. The Morgan fingerprint density at radius 3 is 2.34 bits per heavy atom. The number of nitrogens with one attached hydrogen (secondary N) is 1. The molecule has 4 rings (SSSR count). The van der Waals surface area contributed by atoms with Crippen LogP contribution in [0.25, 0.3) is 0 Å². The molecule has 0 saturated carbocycles. The standard InChI is InChI=1S/C23H28N6/c1-3-29(21-7-5-4-6-8-21)23-24-14-13-22(26-23)25-19-9-11-20(12-10-19)28-17-15-27(2)16-18-28/h4-14H,3,15-18H2,1-2H3,(H,24,25,26). The number of nitrogens with zero attached hydrogens (tertiary/aromatic N) is 5. The van der Waals surface area contributed by atoms with E-state index in [1.54, 1.807) is 6.20 Å². The molecule has 0 aliphatic carbocycles. The molecule has 150 valence electrons. The normalized spacial score (nSPS) is 14.6. The maximum absolute atomic E-state index is 4.72. The third-order valence-corrected chi connectivity index (χ3v) is 5.28. The van der Waals surface area contributed by atoms with E-state index in [9.17, 15) is 0 Å². The van der Waals surface area contributed by atoms with Crippen LogP contribution in [0, 0.1) is 0 Å². The minimum absolute atomic E-state index is 0.692. The second-order valence-corrected chi connectivity index (χ2v) is 7.28. The number of anilines is 5. The average Bonchev–Trinajstić information content (AvgIpc) is 2.77. The summed E-state index contributed by atoms with van der Waals surface area (Å²) in [6.07, 6.45) is 1.80. The Kier molecular flexibility index (Phi) is 5.91. The van der Waals surface area contributed by atoms with Gasteiger partial charge in [0.2, 0.25) is 5.95 Å². The first-order valence-electron chi connectivity index (χ1n) is 10.2. The van der Waals surface area contributed by atoms with Gasteiger partial charge in [-0.15, -0.1) is 0 Å². The third kappa shape index (κ3) is 4.66. The smallest absolute Gasteiger partial charge is 0.231 e. The summed E-state index contributed by atoms with van der Waals surface area (Å²) in [6.45, 7) is 7.27. The summed E-state index contributed by atoms with van der Waals surface area (Å²) in [5, 5.41) is 3.41. The molecule has 0 atom stereocenters. The van der Waals surface area contributed by atoms with Crippen molar-refractivity contribution in [2.24, 2.45) is 0 Å². The van der Waals surface area contributed by atoms with Crippen LogP contribution in [0.1, 0.15) is 6.92 Å². The van der Waals surface area contributed by atoms with Gasteiger partial charge in [0, 0.05) is 56.0 Å². The molecule has 6 heteroatoms. The first kappa shape index (κ1) is 19.2. The molecule has 29 heavy (non-hydrogen) atoms. The van der Waals surface area contributed by atoms with Crippen molar-refractivity contribution in [1.82, 2.24) is 14.9 Å². The molecule has 1 aliphatic heterocycles. The van der Waals surface area contributed by atoms with Crippen LogP contribution in [0.3, 0.4) is 0 Å². The zero-order valence-electron chi connectivity index (χ0n) is 17.1. The monoisotopic (exact) mass is 388 g/mol.